The van der Waals surface area contributed by atoms with Crippen LogP contribution in [0.2, 0.25) is 0 Å². The highest BCUT2D eigenvalue weighted by molar-refractivity contribution is 7.99. The number of aromatic nitrogens is 2. The molecule has 8 nitrogen and oxygen atoms in total. The van der Waals surface area contributed by atoms with Gasteiger partial charge in [0.25, 0.3) is 0 Å². The molecule has 2 unspecified atom stereocenters. The molecule has 4 atom stereocenters. The number of H-pyrrole nitrogens is 1. The molecule has 0 bridgehead atoms. The maximum Gasteiger partial charge on any atom is 0.193 e. The highest BCUT2D eigenvalue weighted by Crippen LogP contribution is 2.37. The predicted octanol–water partition coefficient (Wildman–Crippen LogP) is 5.05. The Balaban J connectivity index is 0.000000523. The lowest BCUT2D eigenvalue weighted by Gasteiger charge is -2.16. The van der Waals surface area contributed by atoms with Crippen molar-refractivity contribution in [2.45, 2.75) is 37.3 Å². The van der Waals surface area contributed by atoms with E-state index in [1.807, 2.05) is 36.4 Å². The van der Waals surface area contributed by atoms with Gasteiger partial charge < -0.3 is 34.8 Å². The van der Waals surface area contributed by atoms with Crippen LogP contribution in [0.5, 0.6) is 11.6 Å². The lowest BCUT2D eigenvalue weighted by molar-refractivity contribution is 0.00794. The van der Waals surface area contributed by atoms with Gasteiger partial charge in [-0.15, -0.1) is 0 Å². The van der Waals surface area contributed by atoms with Crippen LogP contribution < -0.4 is 15.2 Å². The number of aromatic amines is 1. The van der Waals surface area contributed by atoms with Crippen molar-refractivity contribution in [2.24, 2.45) is 0 Å². The molecule has 3 fully saturated rings. The average molecular weight is 566 g/mol. The van der Waals surface area contributed by atoms with E-state index in [4.69, 9.17) is 24.7 Å². The molecule has 0 radical (unpaired) electrons. The molecule has 0 spiro atoms. The van der Waals surface area contributed by atoms with Gasteiger partial charge in [0, 0.05) is 23.4 Å². The number of ether oxygens (including phenoxy) is 4. The van der Waals surface area contributed by atoms with Gasteiger partial charge in [0.2, 0.25) is 0 Å². The van der Waals surface area contributed by atoms with Gasteiger partial charge in [0.1, 0.15) is 29.8 Å². The fraction of sp³-hybridized carbons (Fsp3) is 0.367. The number of methoxy groups -OCH3 is 1. The minimum atomic E-state index is -0.656. The lowest BCUT2D eigenvalue weighted by atomic mass is 10.0. The fourth-order valence-electron chi connectivity index (χ4n) is 5.22. The minimum Gasteiger partial charge on any atom is -0.496 e. The number of aliphatic hydroxyl groups is 1. The summed E-state index contributed by atoms with van der Waals surface area (Å²) in [6.45, 7) is 0.517. The number of nitrogen functional groups attached to an aromatic ring is 1. The number of hydrogen-bond acceptors (Lipinski definition) is 8. The number of hydrogen-bond donors (Lipinski definition) is 3. The number of thioether (sulfide) groups is 1. The number of halogens is 1. The Hall–Kier alpha value is -3.31. The van der Waals surface area contributed by atoms with Crippen LogP contribution in [0.1, 0.15) is 12.8 Å². The SMILES string of the molecule is C1CCSC1.COc1cc(-c2ccc(N)cc2)ccc1-c1nc2cc(OC3CO[C@@H]4C(O)CO[C@H]34)[nH]c2cc1F. The standard InChI is InChI=1S/C26H24FN3O5.C4H8S/c1-32-21-8-14(13-2-5-15(28)6-3-13)4-7-16(21)24-17(27)9-18-19(30-24)10-23(29-18)35-22-12-34-25-20(31)11-33-26(22)25;1-2-4-5-3-1/h2-10,20,22,25-26,29,31H,11-12,28H2,1H3;1-4H2/t20?,22?,25-,26-;/m1./s1. The van der Waals surface area contributed by atoms with E-state index in [-0.39, 0.29) is 24.5 Å². The van der Waals surface area contributed by atoms with E-state index in [2.05, 4.69) is 21.7 Å². The van der Waals surface area contributed by atoms with E-state index in [0.29, 0.717) is 40.5 Å². The molecule has 0 aliphatic carbocycles. The van der Waals surface area contributed by atoms with Crippen molar-refractivity contribution in [1.29, 1.82) is 0 Å². The largest absolute Gasteiger partial charge is 0.496 e. The monoisotopic (exact) mass is 565 g/mol. The summed E-state index contributed by atoms with van der Waals surface area (Å²) in [6.07, 6.45) is 1.15. The van der Waals surface area contributed by atoms with Gasteiger partial charge in [-0.1, -0.05) is 18.2 Å². The number of benzene rings is 2. The highest BCUT2D eigenvalue weighted by atomic mass is 32.2. The van der Waals surface area contributed by atoms with Gasteiger partial charge in [-0.25, -0.2) is 9.37 Å². The van der Waals surface area contributed by atoms with E-state index in [1.54, 1.807) is 19.2 Å². The van der Waals surface area contributed by atoms with E-state index in [1.165, 1.54) is 30.4 Å². The lowest BCUT2D eigenvalue weighted by Crippen LogP contribution is -2.34. The number of nitrogens with two attached hydrogens (primary N) is 1. The number of rotatable bonds is 5. The Labute approximate surface area is 236 Å². The van der Waals surface area contributed by atoms with E-state index < -0.39 is 18.0 Å². The first kappa shape index (κ1) is 26.9. The molecule has 40 heavy (non-hydrogen) atoms. The molecule has 4 aromatic rings. The van der Waals surface area contributed by atoms with Gasteiger partial charge in [0.05, 0.1) is 31.4 Å². The summed E-state index contributed by atoms with van der Waals surface area (Å²) in [5.41, 5.74) is 10.1. The Kier molecular flexibility index (Phi) is 7.84. The highest BCUT2D eigenvalue weighted by Gasteiger charge is 2.48. The Bertz CT molecular complexity index is 1470. The zero-order valence-corrected chi connectivity index (χ0v) is 23.0. The molecule has 10 heteroatoms. The van der Waals surface area contributed by atoms with Crippen LogP contribution >= 0.6 is 11.8 Å². The third-order valence-corrected chi connectivity index (χ3v) is 8.47. The summed E-state index contributed by atoms with van der Waals surface area (Å²) >= 11 is 2.07. The molecule has 5 heterocycles. The summed E-state index contributed by atoms with van der Waals surface area (Å²) in [5.74, 6) is 3.27. The first-order valence-corrected chi connectivity index (χ1v) is 14.5. The zero-order chi connectivity index (χ0) is 27.6. The van der Waals surface area contributed by atoms with Gasteiger partial charge in [-0.2, -0.15) is 11.8 Å². The molecule has 210 valence electrons. The molecule has 7 rings (SSSR count). The summed E-state index contributed by atoms with van der Waals surface area (Å²) in [4.78, 5) is 7.61. The number of nitrogens with one attached hydrogen (secondary N) is 1. The zero-order valence-electron chi connectivity index (χ0n) is 22.1. The van der Waals surface area contributed by atoms with E-state index in [0.717, 1.165) is 11.1 Å². The van der Waals surface area contributed by atoms with Crippen LogP contribution in [0.15, 0.2) is 54.6 Å². The predicted molar refractivity (Wildman–Crippen MR) is 154 cm³/mol. The second-order valence-electron chi connectivity index (χ2n) is 10.1. The van der Waals surface area contributed by atoms with Crippen molar-refractivity contribution < 1.29 is 28.4 Å². The van der Waals surface area contributed by atoms with Crippen LogP contribution in [0, 0.1) is 5.82 Å². The molecular weight excluding hydrogens is 533 g/mol. The molecule has 0 amide bonds. The van der Waals surface area contributed by atoms with Gasteiger partial charge >= 0.3 is 0 Å². The molecule has 2 aromatic carbocycles. The Morgan fingerprint density at radius 3 is 2.48 bits per heavy atom. The van der Waals surface area contributed by atoms with E-state index in [9.17, 15) is 5.11 Å². The molecule has 0 saturated carbocycles. The average Bonchev–Trinajstić information content (AvgIpc) is 3.77. The number of nitrogens with zero attached hydrogens (tertiary/aromatic N) is 1. The van der Waals surface area contributed by atoms with Gasteiger partial charge in [0.15, 0.2) is 17.8 Å². The topological polar surface area (TPSA) is 112 Å². The number of aliphatic hydroxyl groups excluding tert-OH is 1. The van der Waals surface area contributed by atoms with Crippen molar-refractivity contribution in [3.63, 3.8) is 0 Å². The molecule has 2 aromatic heterocycles. The summed E-state index contributed by atoms with van der Waals surface area (Å²) in [6, 6.07) is 16.1. The van der Waals surface area contributed by atoms with Gasteiger partial charge in [-0.3, -0.25) is 0 Å². The third-order valence-electron chi connectivity index (χ3n) is 7.32. The molecule has 3 saturated heterocycles. The smallest absolute Gasteiger partial charge is 0.193 e. The summed E-state index contributed by atoms with van der Waals surface area (Å²) in [7, 11) is 1.54. The Morgan fingerprint density at radius 1 is 1.00 bits per heavy atom. The maximum absolute atomic E-state index is 15.2. The number of pyridine rings is 1. The summed E-state index contributed by atoms with van der Waals surface area (Å²) in [5, 5.41) is 9.92. The minimum absolute atomic E-state index is 0.176. The summed E-state index contributed by atoms with van der Waals surface area (Å²) < 4.78 is 38.0. The fourth-order valence-corrected chi connectivity index (χ4v) is 6.24. The first-order chi connectivity index (χ1) is 19.5. The van der Waals surface area contributed by atoms with Crippen LogP contribution in [0.3, 0.4) is 0 Å². The van der Waals surface area contributed by atoms with Crippen molar-refractivity contribution in [2.75, 3.05) is 37.6 Å². The second kappa shape index (κ2) is 11.7. The molecule has 3 aliphatic rings. The molecule has 3 aliphatic heterocycles. The van der Waals surface area contributed by atoms with E-state index >= 15 is 4.39 Å². The van der Waals surface area contributed by atoms with Crippen molar-refractivity contribution in [3.8, 4) is 34.0 Å². The van der Waals surface area contributed by atoms with Crippen molar-refractivity contribution in [3.05, 3.63) is 60.4 Å². The number of fused-ring (bicyclic) bond motifs is 2. The van der Waals surface area contributed by atoms with Gasteiger partial charge in [-0.05, 0) is 59.7 Å². The van der Waals surface area contributed by atoms with Crippen LogP contribution in [0.4, 0.5) is 10.1 Å². The Morgan fingerprint density at radius 2 is 1.75 bits per heavy atom. The van der Waals surface area contributed by atoms with Crippen LogP contribution in [-0.4, -0.2) is 71.3 Å². The quantitative estimate of drug-likeness (QED) is 0.289. The maximum atomic E-state index is 15.2. The van der Waals surface area contributed by atoms with Crippen molar-refractivity contribution in [1.82, 2.24) is 9.97 Å². The third kappa shape index (κ3) is 5.49. The van der Waals surface area contributed by atoms with Crippen molar-refractivity contribution >= 4 is 28.5 Å². The first-order valence-electron chi connectivity index (χ1n) is 13.4. The molecular formula is C30H32FN3O5S. The second-order valence-corrected chi connectivity index (χ2v) is 11.3. The van der Waals surface area contributed by atoms with Crippen LogP contribution in [0.25, 0.3) is 33.4 Å². The number of anilines is 1. The normalized spacial score (nSPS) is 23.6. The molecule has 4 N–H and O–H groups in total. The van der Waals surface area contributed by atoms with Crippen LogP contribution in [-0.2, 0) is 9.47 Å².